The number of nitrogens with one attached hydrogen (secondary N) is 1. The Kier molecular flexibility index (Phi) is 6.58. The molecule has 1 aliphatic rings. The largest absolute Gasteiger partial charge is 0.303 e. The summed E-state index contributed by atoms with van der Waals surface area (Å²) in [5.74, 6) is 0.835. The van der Waals surface area contributed by atoms with Gasteiger partial charge < -0.3 is 4.90 Å². The summed E-state index contributed by atoms with van der Waals surface area (Å²) in [4.78, 5) is 2.62. The van der Waals surface area contributed by atoms with Crippen molar-refractivity contribution in [1.82, 2.24) is 9.62 Å². The van der Waals surface area contributed by atoms with Crippen molar-refractivity contribution in [2.75, 3.05) is 26.2 Å². The quantitative estimate of drug-likeness (QED) is 0.776. The van der Waals surface area contributed by atoms with Crippen molar-refractivity contribution >= 4 is 10.0 Å². The molecule has 0 aliphatic carbocycles. The van der Waals surface area contributed by atoms with E-state index in [9.17, 15) is 8.42 Å². The van der Waals surface area contributed by atoms with Crippen molar-refractivity contribution < 1.29 is 8.42 Å². The maximum absolute atomic E-state index is 12.2. The summed E-state index contributed by atoms with van der Waals surface area (Å²) in [7, 11) is -3.52. The molecular formula is C17H25N3O2S. The van der Waals surface area contributed by atoms with E-state index >= 15 is 0 Å². The van der Waals surface area contributed by atoms with E-state index in [1.54, 1.807) is 12.1 Å². The standard InChI is InChI=1S/C17H25N3O2S/c1-15-7-11-20(12-8-15)10-3-2-9-19-23(21,22)17-6-4-5-16(13-17)14-18/h4-6,13,15,19H,2-3,7-12H2,1H3. The molecule has 1 N–H and O–H groups in total. The number of nitrogens with zero attached hydrogens (tertiary/aromatic N) is 2. The predicted octanol–water partition coefficient (Wildman–Crippen LogP) is 2.35. The summed E-state index contributed by atoms with van der Waals surface area (Å²) in [5, 5.41) is 8.84. The third-order valence-corrected chi connectivity index (χ3v) is 5.80. The van der Waals surface area contributed by atoms with Crippen LogP contribution in [0, 0.1) is 17.2 Å². The average Bonchev–Trinajstić information content (AvgIpc) is 2.56. The second-order valence-electron chi connectivity index (χ2n) is 6.27. The van der Waals surface area contributed by atoms with Crippen molar-refractivity contribution in [3.63, 3.8) is 0 Å². The Bertz CT molecular complexity index is 644. The Morgan fingerprint density at radius 3 is 2.74 bits per heavy atom. The van der Waals surface area contributed by atoms with Gasteiger partial charge in [0.05, 0.1) is 16.5 Å². The van der Waals surface area contributed by atoms with Crippen LogP contribution in [0.1, 0.15) is 38.2 Å². The van der Waals surface area contributed by atoms with Gasteiger partial charge in [-0.3, -0.25) is 0 Å². The van der Waals surface area contributed by atoms with Gasteiger partial charge in [-0.15, -0.1) is 0 Å². The Hall–Kier alpha value is -1.42. The van der Waals surface area contributed by atoms with Gasteiger partial charge in [0.15, 0.2) is 0 Å². The van der Waals surface area contributed by atoms with Gasteiger partial charge >= 0.3 is 0 Å². The fourth-order valence-electron chi connectivity index (χ4n) is 2.77. The van der Waals surface area contributed by atoms with E-state index < -0.39 is 10.0 Å². The third kappa shape index (κ3) is 5.61. The van der Waals surface area contributed by atoms with Crippen LogP contribution in [0.15, 0.2) is 29.2 Å². The molecule has 1 aromatic carbocycles. The molecule has 0 bridgehead atoms. The molecule has 5 nitrogen and oxygen atoms in total. The highest BCUT2D eigenvalue weighted by Gasteiger charge is 2.16. The van der Waals surface area contributed by atoms with E-state index in [1.165, 1.54) is 25.0 Å². The molecule has 1 saturated heterocycles. The maximum Gasteiger partial charge on any atom is 0.240 e. The molecule has 0 unspecified atom stereocenters. The Morgan fingerprint density at radius 1 is 1.30 bits per heavy atom. The minimum atomic E-state index is -3.52. The zero-order chi connectivity index (χ0) is 16.7. The van der Waals surface area contributed by atoms with Gasteiger partial charge in [0.25, 0.3) is 0 Å². The molecule has 1 aromatic rings. The minimum absolute atomic E-state index is 0.154. The molecule has 0 aromatic heterocycles. The summed E-state index contributed by atoms with van der Waals surface area (Å²) >= 11 is 0. The Labute approximate surface area is 139 Å². The van der Waals surface area contributed by atoms with Crippen molar-refractivity contribution in [2.45, 2.75) is 37.5 Å². The van der Waals surface area contributed by atoms with E-state index in [2.05, 4.69) is 16.5 Å². The number of hydrogen-bond donors (Lipinski definition) is 1. The molecule has 1 heterocycles. The van der Waals surface area contributed by atoms with Crippen LogP contribution < -0.4 is 4.72 Å². The van der Waals surface area contributed by atoms with E-state index in [4.69, 9.17) is 5.26 Å². The van der Waals surface area contributed by atoms with Gasteiger partial charge in [0.2, 0.25) is 10.0 Å². The number of unbranched alkanes of at least 4 members (excludes halogenated alkanes) is 1. The summed E-state index contributed by atoms with van der Waals surface area (Å²) in [5.41, 5.74) is 0.354. The number of benzene rings is 1. The van der Waals surface area contributed by atoms with Gasteiger partial charge in [-0.05, 0) is 69.4 Å². The van der Waals surface area contributed by atoms with Gasteiger partial charge in [-0.25, -0.2) is 13.1 Å². The van der Waals surface area contributed by atoms with E-state index in [-0.39, 0.29) is 4.90 Å². The van der Waals surface area contributed by atoms with Crippen LogP contribution in [0.2, 0.25) is 0 Å². The Morgan fingerprint density at radius 2 is 2.04 bits per heavy atom. The lowest BCUT2D eigenvalue weighted by Crippen LogP contribution is -2.34. The van der Waals surface area contributed by atoms with Crippen LogP contribution in [0.3, 0.4) is 0 Å². The van der Waals surface area contributed by atoms with E-state index in [1.807, 2.05) is 6.07 Å². The lowest BCUT2D eigenvalue weighted by Gasteiger charge is -2.30. The summed E-state index contributed by atoms with van der Waals surface area (Å²) in [6.07, 6.45) is 4.35. The first-order valence-corrected chi connectivity index (χ1v) is 9.72. The second-order valence-corrected chi connectivity index (χ2v) is 8.04. The molecule has 23 heavy (non-hydrogen) atoms. The van der Waals surface area contributed by atoms with Crippen molar-refractivity contribution in [3.8, 4) is 6.07 Å². The first-order chi connectivity index (χ1) is 11.0. The first kappa shape index (κ1) is 17.9. The zero-order valence-electron chi connectivity index (χ0n) is 13.7. The number of nitriles is 1. The van der Waals surface area contributed by atoms with E-state index in [0.29, 0.717) is 12.1 Å². The highest BCUT2D eigenvalue weighted by atomic mass is 32.2. The molecule has 0 spiro atoms. The minimum Gasteiger partial charge on any atom is -0.303 e. The molecule has 0 amide bonds. The van der Waals surface area contributed by atoms with E-state index in [0.717, 1.165) is 38.4 Å². The van der Waals surface area contributed by atoms with Crippen LogP contribution >= 0.6 is 0 Å². The second kappa shape index (κ2) is 8.44. The maximum atomic E-state index is 12.2. The zero-order valence-corrected chi connectivity index (χ0v) is 14.5. The first-order valence-electron chi connectivity index (χ1n) is 8.23. The molecule has 2 rings (SSSR count). The summed E-state index contributed by atoms with van der Waals surface area (Å²) in [6.45, 7) is 6.09. The molecular weight excluding hydrogens is 310 g/mol. The van der Waals surface area contributed by atoms with Crippen LogP contribution in [0.5, 0.6) is 0 Å². The van der Waals surface area contributed by atoms with Crippen molar-refractivity contribution in [2.24, 2.45) is 5.92 Å². The number of likely N-dealkylation sites (tertiary alicyclic amines) is 1. The van der Waals surface area contributed by atoms with Crippen LogP contribution in [-0.4, -0.2) is 39.5 Å². The molecule has 0 saturated carbocycles. The van der Waals surface area contributed by atoms with Crippen molar-refractivity contribution in [1.29, 1.82) is 5.26 Å². The van der Waals surface area contributed by atoms with Crippen LogP contribution in [-0.2, 0) is 10.0 Å². The molecule has 126 valence electrons. The highest BCUT2D eigenvalue weighted by molar-refractivity contribution is 7.89. The smallest absolute Gasteiger partial charge is 0.240 e. The predicted molar refractivity (Wildman–Crippen MR) is 90.4 cm³/mol. The van der Waals surface area contributed by atoms with Crippen LogP contribution in [0.25, 0.3) is 0 Å². The summed E-state index contributed by atoms with van der Waals surface area (Å²) < 4.78 is 27.0. The van der Waals surface area contributed by atoms with Crippen molar-refractivity contribution in [3.05, 3.63) is 29.8 Å². The third-order valence-electron chi connectivity index (χ3n) is 4.34. The lowest BCUT2D eigenvalue weighted by atomic mass is 9.99. The number of piperidine rings is 1. The Balaban J connectivity index is 1.72. The SMILES string of the molecule is CC1CCN(CCCCNS(=O)(=O)c2cccc(C#N)c2)CC1. The number of rotatable bonds is 7. The number of hydrogen-bond acceptors (Lipinski definition) is 4. The molecule has 1 fully saturated rings. The lowest BCUT2D eigenvalue weighted by molar-refractivity contribution is 0.190. The summed E-state index contributed by atoms with van der Waals surface area (Å²) in [6, 6.07) is 8.05. The number of sulfonamides is 1. The van der Waals surface area contributed by atoms with Gasteiger partial charge in [0, 0.05) is 6.54 Å². The monoisotopic (exact) mass is 335 g/mol. The van der Waals surface area contributed by atoms with Crippen LogP contribution in [0.4, 0.5) is 0 Å². The molecule has 0 atom stereocenters. The normalized spacial score (nSPS) is 17.0. The molecule has 0 radical (unpaired) electrons. The topological polar surface area (TPSA) is 73.2 Å². The molecule has 1 aliphatic heterocycles. The highest BCUT2D eigenvalue weighted by Crippen LogP contribution is 2.16. The average molecular weight is 335 g/mol. The fraction of sp³-hybridized carbons (Fsp3) is 0.588. The van der Waals surface area contributed by atoms with Gasteiger partial charge in [-0.2, -0.15) is 5.26 Å². The van der Waals surface area contributed by atoms with Gasteiger partial charge in [-0.1, -0.05) is 13.0 Å². The molecule has 6 heteroatoms. The fourth-order valence-corrected chi connectivity index (χ4v) is 3.89. The van der Waals surface area contributed by atoms with Gasteiger partial charge in [0.1, 0.15) is 0 Å².